The van der Waals surface area contributed by atoms with E-state index in [0.717, 1.165) is 39.1 Å². The molecule has 144 valence electrons. The summed E-state index contributed by atoms with van der Waals surface area (Å²) in [6.07, 6.45) is 2.66. The number of rotatable bonds is 7. The van der Waals surface area contributed by atoms with Gasteiger partial charge in [-0.05, 0) is 37.2 Å². The maximum Gasteiger partial charge on any atom is 0.255 e. The summed E-state index contributed by atoms with van der Waals surface area (Å²) < 4.78 is 0. The highest BCUT2D eigenvalue weighted by molar-refractivity contribution is 5.98. The Morgan fingerprint density at radius 1 is 1.07 bits per heavy atom. The van der Waals surface area contributed by atoms with E-state index in [0.29, 0.717) is 17.9 Å². The summed E-state index contributed by atoms with van der Waals surface area (Å²) in [7, 11) is 3.79. The molecule has 0 aliphatic carbocycles. The lowest BCUT2D eigenvalue weighted by molar-refractivity contribution is 0.0951. The van der Waals surface area contributed by atoms with Crippen molar-refractivity contribution in [3.63, 3.8) is 0 Å². The molecule has 0 spiro atoms. The van der Waals surface area contributed by atoms with Crippen LogP contribution in [0.5, 0.6) is 0 Å². The number of carbonyl (C=O) groups excluding carboxylic acids is 1. The molecule has 2 aromatic rings. The van der Waals surface area contributed by atoms with Crippen molar-refractivity contribution in [2.24, 2.45) is 0 Å². The van der Waals surface area contributed by atoms with Crippen LogP contribution in [0.1, 0.15) is 16.8 Å². The molecule has 1 aliphatic heterocycles. The molecule has 1 fully saturated rings. The Morgan fingerprint density at radius 2 is 1.81 bits per heavy atom. The number of piperazine rings is 1. The van der Waals surface area contributed by atoms with E-state index in [1.807, 2.05) is 25.1 Å². The first-order chi connectivity index (χ1) is 13.1. The highest BCUT2D eigenvalue weighted by atomic mass is 16.1. The second-order valence-corrected chi connectivity index (χ2v) is 7.04. The van der Waals surface area contributed by atoms with Gasteiger partial charge in [-0.25, -0.2) is 4.98 Å². The molecule has 0 atom stereocenters. The predicted molar refractivity (Wildman–Crippen MR) is 111 cm³/mol. The highest BCUT2D eigenvalue weighted by Crippen LogP contribution is 2.16. The second kappa shape index (κ2) is 9.37. The van der Waals surface area contributed by atoms with Crippen molar-refractivity contribution in [1.29, 1.82) is 0 Å². The van der Waals surface area contributed by atoms with Gasteiger partial charge in [0.25, 0.3) is 5.91 Å². The quantitative estimate of drug-likeness (QED) is 0.760. The van der Waals surface area contributed by atoms with Gasteiger partial charge in [0.15, 0.2) is 0 Å². The number of nitrogens with one attached hydrogen (secondary N) is 1. The van der Waals surface area contributed by atoms with Gasteiger partial charge in [0.2, 0.25) is 0 Å². The Kier molecular flexibility index (Phi) is 6.65. The molecule has 1 amide bonds. The maximum absolute atomic E-state index is 12.4. The van der Waals surface area contributed by atoms with Gasteiger partial charge in [-0.2, -0.15) is 0 Å². The summed E-state index contributed by atoms with van der Waals surface area (Å²) in [5.74, 6) is 0.646. The molecular formula is C21H29N5O. The summed E-state index contributed by atoms with van der Waals surface area (Å²) in [5, 5.41) is 3.03. The molecule has 3 rings (SSSR count). The van der Waals surface area contributed by atoms with Gasteiger partial charge in [0.05, 0.1) is 5.56 Å². The highest BCUT2D eigenvalue weighted by Gasteiger charge is 2.17. The number of carbonyl (C=O) groups is 1. The van der Waals surface area contributed by atoms with E-state index in [1.165, 1.54) is 5.69 Å². The van der Waals surface area contributed by atoms with Crippen molar-refractivity contribution in [2.75, 3.05) is 63.2 Å². The summed E-state index contributed by atoms with van der Waals surface area (Å²) >= 11 is 0. The van der Waals surface area contributed by atoms with Gasteiger partial charge in [0, 0.05) is 58.7 Å². The van der Waals surface area contributed by atoms with Gasteiger partial charge in [-0.3, -0.25) is 9.69 Å². The number of anilines is 2. The van der Waals surface area contributed by atoms with E-state index in [1.54, 1.807) is 12.3 Å². The number of hydrogen-bond donors (Lipinski definition) is 1. The second-order valence-electron chi connectivity index (χ2n) is 7.04. The normalized spacial score (nSPS) is 14.8. The zero-order valence-electron chi connectivity index (χ0n) is 16.3. The fraction of sp³-hybridized carbons (Fsp3) is 0.429. The van der Waals surface area contributed by atoms with Crippen LogP contribution in [0.3, 0.4) is 0 Å². The smallest absolute Gasteiger partial charge is 0.255 e. The third kappa shape index (κ3) is 5.20. The molecule has 6 heteroatoms. The fourth-order valence-electron chi connectivity index (χ4n) is 3.40. The van der Waals surface area contributed by atoms with Gasteiger partial charge in [0.1, 0.15) is 5.82 Å². The van der Waals surface area contributed by atoms with E-state index < -0.39 is 0 Å². The topological polar surface area (TPSA) is 51.7 Å². The average molecular weight is 367 g/mol. The summed E-state index contributed by atoms with van der Waals surface area (Å²) in [6, 6.07) is 14.2. The van der Waals surface area contributed by atoms with Crippen LogP contribution in [0.25, 0.3) is 0 Å². The Hall–Kier alpha value is -2.60. The van der Waals surface area contributed by atoms with Crippen LogP contribution in [0.4, 0.5) is 11.5 Å². The van der Waals surface area contributed by atoms with Crippen molar-refractivity contribution in [2.45, 2.75) is 6.42 Å². The third-order valence-electron chi connectivity index (χ3n) is 4.89. The SMILES string of the molecule is CN(C)c1ncccc1C(=O)NCCCN1CCN(c2ccccc2)CC1. The Morgan fingerprint density at radius 3 is 2.52 bits per heavy atom. The van der Waals surface area contributed by atoms with Crippen LogP contribution in [0, 0.1) is 0 Å². The first kappa shape index (κ1) is 19.2. The molecule has 1 N–H and O–H groups in total. The van der Waals surface area contributed by atoms with Crippen LogP contribution in [0.15, 0.2) is 48.7 Å². The van der Waals surface area contributed by atoms with Crippen LogP contribution >= 0.6 is 0 Å². The molecule has 0 unspecified atom stereocenters. The van der Waals surface area contributed by atoms with Crippen molar-refractivity contribution in [1.82, 2.24) is 15.2 Å². The van der Waals surface area contributed by atoms with Crippen molar-refractivity contribution >= 4 is 17.4 Å². The molecule has 0 radical (unpaired) electrons. The number of hydrogen-bond acceptors (Lipinski definition) is 5. The number of amides is 1. The summed E-state index contributed by atoms with van der Waals surface area (Å²) in [5.41, 5.74) is 1.93. The molecule has 6 nitrogen and oxygen atoms in total. The van der Waals surface area contributed by atoms with Crippen LogP contribution in [-0.2, 0) is 0 Å². The third-order valence-corrected chi connectivity index (χ3v) is 4.89. The fourth-order valence-corrected chi connectivity index (χ4v) is 3.40. The van der Waals surface area contributed by atoms with Crippen LogP contribution in [-0.4, -0.2) is 69.2 Å². The Labute approximate surface area is 161 Å². The minimum Gasteiger partial charge on any atom is -0.369 e. The Bertz CT molecular complexity index is 726. The maximum atomic E-state index is 12.4. The molecule has 1 aromatic carbocycles. The standard InChI is InChI=1S/C21H29N5O/c1-24(2)20-19(10-6-11-22-20)21(27)23-12-7-13-25-14-16-26(17-15-25)18-8-4-3-5-9-18/h3-6,8-11H,7,12-17H2,1-2H3,(H,23,27). The molecular weight excluding hydrogens is 338 g/mol. The largest absolute Gasteiger partial charge is 0.369 e. The monoisotopic (exact) mass is 367 g/mol. The van der Waals surface area contributed by atoms with E-state index in [-0.39, 0.29) is 5.91 Å². The summed E-state index contributed by atoms with van der Waals surface area (Å²) in [6.45, 7) is 5.93. The van der Waals surface area contributed by atoms with E-state index in [9.17, 15) is 4.79 Å². The molecule has 1 aromatic heterocycles. The zero-order valence-corrected chi connectivity index (χ0v) is 16.3. The van der Waals surface area contributed by atoms with Crippen LogP contribution < -0.4 is 15.1 Å². The van der Waals surface area contributed by atoms with E-state index in [2.05, 4.69) is 50.4 Å². The minimum absolute atomic E-state index is 0.0549. The zero-order chi connectivity index (χ0) is 19.1. The molecule has 0 saturated carbocycles. The lowest BCUT2D eigenvalue weighted by Crippen LogP contribution is -2.47. The van der Waals surface area contributed by atoms with Crippen molar-refractivity contribution in [3.05, 3.63) is 54.2 Å². The number of aromatic nitrogens is 1. The molecule has 27 heavy (non-hydrogen) atoms. The molecule has 1 saturated heterocycles. The van der Waals surface area contributed by atoms with Crippen molar-refractivity contribution < 1.29 is 4.79 Å². The number of pyridine rings is 1. The average Bonchev–Trinajstić information content (AvgIpc) is 2.72. The number of benzene rings is 1. The first-order valence-electron chi connectivity index (χ1n) is 9.58. The summed E-state index contributed by atoms with van der Waals surface area (Å²) in [4.78, 5) is 23.5. The minimum atomic E-state index is -0.0549. The van der Waals surface area contributed by atoms with Gasteiger partial charge in [-0.1, -0.05) is 18.2 Å². The van der Waals surface area contributed by atoms with Gasteiger partial charge < -0.3 is 15.1 Å². The first-order valence-corrected chi connectivity index (χ1v) is 9.58. The molecule has 1 aliphatic rings. The molecule has 2 heterocycles. The predicted octanol–water partition coefficient (Wildman–Crippen LogP) is 2.09. The van der Waals surface area contributed by atoms with Gasteiger partial charge >= 0.3 is 0 Å². The van der Waals surface area contributed by atoms with Gasteiger partial charge in [-0.15, -0.1) is 0 Å². The lowest BCUT2D eigenvalue weighted by atomic mass is 10.2. The van der Waals surface area contributed by atoms with E-state index in [4.69, 9.17) is 0 Å². The lowest BCUT2D eigenvalue weighted by Gasteiger charge is -2.36. The number of para-hydroxylation sites is 1. The Balaban J connectivity index is 1.38. The van der Waals surface area contributed by atoms with Crippen molar-refractivity contribution in [3.8, 4) is 0 Å². The molecule has 0 bridgehead atoms. The van der Waals surface area contributed by atoms with E-state index >= 15 is 0 Å². The number of nitrogens with zero attached hydrogens (tertiary/aromatic N) is 4. The van der Waals surface area contributed by atoms with Crippen LogP contribution in [0.2, 0.25) is 0 Å².